The van der Waals surface area contributed by atoms with E-state index in [-0.39, 0.29) is 5.92 Å². The third-order valence-corrected chi connectivity index (χ3v) is 4.19. The quantitative estimate of drug-likeness (QED) is 0.902. The average Bonchev–Trinajstić information content (AvgIpc) is 2.48. The van der Waals surface area contributed by atoms with Gasteiger partial charge in [-0.15, -0.1) is 0 Å². The van der Waals surface area contributed by atoms with Crippen LogP contribution in [0, 0.1) is 12.8 Å². The smallest absolute Gasteiger partial charge is 0.306 e. The third-order valence-electron chi connectivity index (χ3n) is 4.19. The van der Waals surface area contributed by atoms with Crippen LogP contribution < -0.4 is 9.47 Å². The van der Waals surface area contributed by atoms with Crippen LogP contribution in [-0.4, -0.2) is 43.3 Å². The van der Waals surface area contributed by atoms with Gasteiger partial charge in [0.2, 0.25) is 0 Å². The van der Waals surface area contributed by atoms with E-state index < -0.39 is 5.97 Å². The molecule has 116 valence electrons. The lowest BCUT2D eigenvalue weighted by molar-refractivity contribution is -0.143. The molecule has 0 unspecified atom stereocenters. The van der Waals surface area contributed by atoms with Crippen molar-refractivity contribution in [3.05, 3.63) is 23.3 Å². The van der Waals surface area contributed by atoms with E-state index in [4.69, 9.17) is 14.6 Å². The van der Waals surface area contributed by atoms with Gasteiger partial charge in [0.1, 0.15) is 11.5 Å². The molecule has 0 bridgehead atoms. The zero-order valence-electron chi connectivity index (χ0n) is 12.9. The standard InChI is InChI=1S/C16H23NO4/c1-11-14(20-2)5-4-13(15(11)21-3)10-17-8-6-12(7-9-17)16(18)19/h4-5,12H,6-10H2,1-3H3,(H,18,19). The fourth-order valence-corrected chi connectivity index (χ4v) is 2.94. The molecule has 0 atom stereocenters. The SMILES string of the molecule is COc1ccc(CN2CCC(C(=O)O)CC2)c(OC)c1C. The minimum atomic E-state index is -0.674. The van der Waals surface area contributed by atoms with Crippen LogP contribution in [0.5, 0.6) is 11.5 Å². The molecule has 0 radical (unpaired) electrons. The Morgan fingerprint density at radius 2 is 1.95 bits per heavy atom. The molecule has 5 nitrogen and oxygen atoms in total. The van der Waals surface area contributed by atoms with Crippen LogP contribution in [0.4, 0.5) is 0 Å². The topological polar surface area (TPSA) is 59.0 Å². The summed E-state index contributed by atoms with van der Waals surface area (Å²) in [5, 5.41) is 9.04. The van der Waals surface area contributed by atoms with Gasteiger partial charge >= 0.3 is 5.97 Å². The molecule has 1 saturated heterocycles. The first kappa shape index (κ1) is 15.6. The van der Waals surface area contributed by atoms with Crippen LogP contribution in [0.3, 0.4) is 0 Å². The van der Waals surface area contributed by atoms with Crippen molar-refractivity contribution in [1.29, 1.82) is 0 Å². The van der Waals surface area contributed by atoms with Gasteiger partial charge in [-0.25, -0.2) is 0 Å². The molecule has 1 aromatic carbocycles. The number of aliphatic carboxylic acids is 1. The zero-order valence-corrected chi connectivity index (χ0v) is 12.9. The largest absolute Gasteiger partial charge is 0.496 e. The number of benzene rings is 1. The van der Waals surface area contributed by atoms with Crippen LogP contribution in [0.25, 0.3) is 0 Å². The molecule has 1 heterocycles. The molecule has 0 aliphatic carbocycles. The van der Waals surface area contributed by atoms with Crippen LogP contribution in [-0.2, 0) is 11.3 Å². The summed E-state index contributed by atoms with van der Waals surface area (Å²) in [6.07, 6.45) is 1.43. The summed E-state index contributed by atoms with van der Waals surface area (Å²) in [6, 6.07) is 3.98. The van der Waals surface area contributed by atoms with Gasteiger partial charge < -0.3 is 14.6 Å². The Bertz CT molecular complexity index is 507. The number of carboxylic acids is 1. The minimum absolute atomic E-state index is 0.194. The molecule has 1 aliphatic heterocycles. The van der Waals surface area contributed by atoms with E-state index >= 15 is 0 Å². The number of rotatable bonds is 5. The van der Waals surface area contributed by atoms with E-state index in [9.17, 15) is 4.79 Å². The third kappa shape index (κ3) is 3.47. The summed E-state index contributed by atoms with van der Waals surface area (Å²) in [5.74, 6) is 0.808. The van der Waals surface area contributed by atoms with Crippen molar-refractivity contribution < 1.29 is 19.4 Å². The van der Waals surface area contributed by atoms with Gasteiger partial charge in [0.05, 0.1) is 20.1 Å². The Balaban J connectivity index is 2.07. The Labute approximate surface area is 125 Å². The predicted molar refractivity (Wildman–Crippen MR) is 79.9 cm³/mol. The summed E-state index contributed by atoms with van der Waals surface area (Å²) in [5.41, 5.74) is 2.11. The number of likely N-dealkylation sites (tertiary alicyclic amines) is 1. The molecular formula is C16H23NO4. The Hall–Kier alpha value is -1.75. The van der Waals surface area contributed by atoms with Gasteiger partial charge in [0.25, 0.3) is 0 Å². The second-order valence-corrected chi connectivity index (χ2v) is 5.47. The van der Waals surface area contributed by atoms with Crippen molar-refractivity contribution in [2.24, 2.45) is 5.92 Å². The number of nitrogens with zero attached hydrogens (tertiary/aromatic N) is 1. The Morgan fingerprint density at radius 1 is 1.29 bits per heavy atom. The molecule has 0 spiro atoms. The summed E-state index contributed by atoms with van der Waals surface area (Å²) < 4.78 is 10.8. The highest BCUT2D eigenvalue weighted by molar-refractivity contribution is 5.70. The van der Waals surface area contributed by atoms with Crippen molar-refractivity contribution in [2.45, 2.75) is 26.3 Å². The van der Waals surface area contributed by atoms with Gasteiger partial charge in [-0.2, -0.15) is 0 Å². The van der Waals surface area contributed by atoms with Crippen molar-refractivity contribution in [2.75, 3.05) is 27.3 Å². The number of methoxy groups -OCH3 is 2. The van der Waals surface area contributed by atoms with Gasteiger partial charge in [-0.1, -0.05) is 6.07 Å². The van der Waals surface area contributed by atoms with E-state index in [0.717, 1.165) is 42.3 Å². The summed E-state index contributed by atoms with van der Waals surface area (Å²) in [4.78, 5) is 13.3. The lowest BCUT2D eigenvalue weighted by Gasteiger charge is -2.30. The average molecular weight is 293 g/mol. The van der Waals surface area contributed by atoms with Crippen LogP contribution in [0.15, 0.2) is 12.1 Å². The maximum atomic E-state index is 11.0. The van der Waals surface area contributed by atoms with Crippen molar-refractivity contribution in [3.8, 4) is 11.5 Å². The molecule has 2 rings (SSSR count). The molecule has 0 aromatic heterocycles. The van der Waals surface area contributed by atoms with E-state index in [1.165, 1.54) is 0 Å². The van der Waals surface area contributed by atoms with E-state index in [0.29, 0.717) is 12.8 Å². The highest BCUT2D eigenvalue weighted by Gasteiger charge is 2.25. The first-order valence-electron chi connectivity index (χ1n) is 7.22. The molecule has 1 fully saturated rings. The molecular weight excluding hydrogens is 270 g/mol. The molecule has 21 heavy (non-hydrogen) atoms. The number of piperidine rings is 1. The maximum Gasteiger partial charge on any atom is 0.306 e. The molecule has 0 amide bonds. The highest BCUT2D eigenvalue weighted by atomic mass is 16.5. The van der Waals surface area contributed by atoms with Gasteiger partial charge in [0.15, 0.2) is 0 Å². The number of ether oxygens (including phenoxy) is 2. The number of hydrogen-bond donors (Lipinski definition) is 1. The summed E-state index contributed by atoms with van der Waals surface area (Å²) in [7, 11) is 3.32. The van der Waals surface area contributed by atoms with Crippen LogP contribution in [0.2, 0.25) is 0 Å². The number of carboxylic acid groups (broad SMARTS) is 1. The maximum absolute atomic E-state index is 11.0. The van der Waals surface area contributed by atoms with Gasteiger partial charge in [-0.05, 0) is 38.9 Å². The lowest BCUT2D eigenvalue weighted by atomic mass is 9.96. The second kappa shape index (κ2) is 6.80. The van der Waals surface area contributed by atoms with Crippen molar-refractivity contribution >= 4 is 5.97 Å². The Morgan fingerprint density at radius 3 is 2.48 bits per heavy atom. The Kier molecular flexibility index (Phi) is 5.07. The second-order valence-electron chi connectivity index (χ2n) is 5.47. The molecule has 0 saturated carbocycles. The van der Waals surface area contributed by atoms with Crippen LogP contribution >= 0.6 is 0 Å². The minimum Gasteiger partial charge on any atom is -0.496 e. The van der Waals surface area contributed by atoms with Gasteiger partial charge in [0, 0.05) is 17.7 Å². The van der Waals surface area contributed by atoms with Crippen molar-refractivity contribution in [1.82, 2.24) is 4.90 Å². The van der Waals surface area contributed by atoms with E-state index in [1.54, 1.807) is 14.2 Å². The monoisotopic (exact) mass is 293 g/mol. The zero-order chi connectivity index (χ0) is 15.4. The van der Waals surface area contributed by atoms with E-state index in [2.05, 4.69) is 4.90 Å². The molecule has 1 N–H and O–H groups in total. The normalized spacial score (nSPS) is 16.7. The molecule has 1 aromatic rings. The molecule has 5 heteroatoms. The number of carbonyl (C=O) groups is 1. The number of hydrogen-bond acceptors (Lipinski definition) is 4. The lowest BCUT2D eigenvalue weighted by Crippen LogP contribution is -2.35. The highest BCUT2D eigenvalue weighted by Crippen LogP contribution is 2.32. The fraction of sp³-hybridized carbons (Fsp3) is 0.562. The van der Waals surface area contributed by atoms with Crippen molar-refractivity contribution in [3.63, 3.8) is 0 Å². The van der Waals surface area contributed by atoms with Gasteiger partial charge in [-0.3, -0.25) is 9.69 Å². The predicted octanol–water partition coefficient (Wildman–Crippen LogP) is 2.31. The summed E-state index contributed by atoms with van der Waals surface area (Å²) in [6.45, 7) is 4.38. The first-order valence-corrected chi connectivity index (χ1v) is 7.22. The summed E-state index contributed by atoms with van der Waals surface area (Å²) >= 11 is 0. The van der Waals surface area contributed by atoms with Crippen LogP contribution in [0.1, 0.15) is 24.0 Å². The first-order chi connectivity index (χ1) is 10.1. The fourth-order valence-electron chi connectivity index (χ4n) is 2.94. The van der Waals surface area contributed by atoms with E-state index in [1.807, 2.05) is 19.1 Å². The molecule has 1 aliphatic rings.